The second kappa shape index (κ2) is 6.80. The first-order valence-corrected chi connectivity index (χ1v) is 7.96. The number of nitrogens with two attached hydrogens (primary N) is 1. The van der Waals surface area contributed by atoms with Crippen LogP contribution in [0.2, 0.25) is 0 Å². The van der Waals surface area contributed by atoms with E-state index in [0.29, 0.717) is 12.0 Å². The van der Waals surface area contributed by atoms with Gasteiger partial charge in [-0.25, -0.2) is 0 Å². The average molecular weight is 291 g/mol. The topological polar surface area (TPSA) is 44.5 Å². The Kier molecular flexibility index (Phi) is 5.28. The lowest BCUT2D eigenvalue weighted by Gasteiger charge is -2.42. The molecule has 0 amide bonds. The van der Waals surface area contributed by atoms with Gasteiger partial charge in [-0.15, -0.1) is 0 Å². The molecule has 0 atom stereocenters. The maximum atomic E-state index is 6.22. The molecule has 1 saturated carbocycles. The molecule has 0 spiro atoms. The van der Waals surface area contributed by atoms with Crippen LogP contribution in [0.15, 0.2) is 24.3 Å². The van der Waals surface area contributed by atoms with Crippen molar-refractivity contribution in [2.75, 3.05) is 20.3 Å². The molecule has 0 bridgehead atoms. The van der Waals surface area contributed by atoms with Gasteiger partial charge in [-0.05, 0) is 55.2 Å². The molecule has 0 unspecified atom stereocenters. The minimum atomic E-state index is -0.0952. The van der Waals surface area contributed by atoms with E-state index in [1.807, 2.05) is 12.1 Å². The molecule has 0 radical (unpaired) electrons. The molecule has 0 aromatic heterocycles. The summed E-state index contributed by atoms with van der Waals surface area (Å²) in [7, 11) is 1.69. The fourth-order valence-electron chi connectivity index (χ4n) is 2.97. The van der Waals surface area contributed by atoms with Gasteiger partial charge in [-0.1, -0.05) is 26.0 Å². The summed E-state index contributed by atoms with van der Waals surface area (Å²) >= 11 is 0. The lowest BCUT2D eigenvalue weighted by Crippen LogP contribution is -2.45. The molecule has 118 valence electrons. The molecule has 0 heterocycles. The van der Waals surface area contributed by atoms with Gasteiger partial charge in [0, 0.05) is 6.54 Å². The summed E-state index contributed by atoms with van der Waals surface area (Å²) in [6.45, 7) is 6.05. The number of benzene rings is 1. The fraction of sp³-hybridized carbons (Fsp3) is 0.667. The summed E-state index contributed by atoms with van der Waals surface area (Å²) in [5.41, 5.74) is 7.63. The van der Waals surface area contributed by atoms with Gasteiger partial charge < -0.3 is 15.2 Å². The maximum Gasteiger partial charge on any atom is 0.118 e. The van der Waals surface area contributed by atoms with Crippen molar-refractivity contribution in [1.29, 1.82) is 0 Å². The first-order chi connectivity index (χ1) is 9.99. The van der Waals surface area contributed by atoms with Gasteiger partial charge in [0.2, 0.25) is 0 Å². The van der Waals surface area contributed by atoms with Crippen LogP contribution >= 0.6 is 0 Å². The first-order valence-electron chi connectivity index (χ1n) is 7.96. The summed E-state index contributed by atoms with van der Waals surface area (Å²) in [6, 6.07) is 8.19. The lowest BCUT2D eigenvalue weighted by molar-refractivity contribution is -0.0800. The molecule has 1 aliphatic rings. The summed E-state index contributed by atoms with van der Waals surface area (Å²) < 4.78 is 11.4. The van der Waals surface area contributed by atoms with Gasteiger partial charge in [0.05, 0.1) is 19.3 Å². The van der Waals surface area contributed by atoms with E-state index in [9.17, 15) is 0 Å². The van der Waals surface area contributed by atoms with Crippen molar-refractivity contribution >= 4 is 0 Å². The number of ether oxygens (including phenoxy) is 2. The monoisotopic (exact) mass is 291 g/mol. The molecule has 3 heteroatoms. The molecule has 3 nitrogen and oxygen atoms in total. The van der Waals surface area contributed by atoms with Crippen molar-refractivity contribution in [3.63, 3.8) is 0 Å². The molecule has 0 aliphatic heterocycles. The highest BCUT2D eigenvalue weighted by atomic mass is 16.5. The van der Waals surface area contributed by atoms with Gasteiger partial charge in [0.25, 0.3) is 0 Å². The van der Waals surface area contributed by atoms with Crippen molar-refractivity contribution in [2.24, 2.45) is 11.1 Å². The number of hydrogen-bond donors (Lipinski definition) is 1. The number of methoxy groups -OCH3 is 1. The van der Waals surface area contributed by atoms with Crippen LogP contribution in [-0.4, -0.2) is 25.9 Å². The van der Waals surface area contributed by atoms with Gasteiger partial charge in [0.1, 0.15) is 5.75 Å². The molecular formula is C18H29NO2. The van der Waals surface area contributed by atoms with E-state index in [4.69, 9.17) is 15.2 Å². The highest BCUT2D eigenvalue weighted by molar-refractivity contribution is 5.27. The summed E-state index contributed by atoms with van der Waals surface area (Å²) in [6.07, 6.45) is 5.49. The first kappa shape index (κ1) is 16.3. The van der Waals surface area contributed by atoms with Crippen LogP contribution in [0.5, 0.6) is 5.75 Å². The van der Waals surface area contributed by atoms with E-state index in [1.165, 1.54) is 18.4 Å². The van der Waals surface area contributed by atoms with Crippen molar-refractivity contribution < 1.29 is 9.47 Å². The van der Waals surface area contributed by atoms with E-state index < -0.39 is 0 Å². The van der Waals surface area contributed by atoms with Crippen molar-refractivity contribution in [2.45, 2.75) is 51.6 Å². The second-order valence-electron chi connectivity index (χ2n) is 7.00. The van der Waals surface area contributed by atoms with Crippen molar-refractivity contribution in [1.82, 2.24) is 0 Å². The van der Waals surface area contributed by atoms with Crippen LogP contribution in [0.4, 0.5) is 0 Å². The molecule has 1 aliphatic carbocycles. The standard InChI is InChI=1S/C18H29NO2/c1-17(2)9-11-18(14-19,12-10-17)21-13-8-15-4-6-16(20-3)7-5-15/h4-7H,8-14,19H2,1-3H3. The predicted octanol–water partition coefficient (Wildman–Crippen LogP) is 3.55. The lowest BCUT2D eigenvalue weighted by atomic mass is 9.71. The third-order valence-electron chi connectivity index (χ3n) is 4.84. The minimum absolute atomic E-state index is 0.0952. The molecule has 1 fully saturated rings. The number of hydrogen-bond acceptors (Lipinski definition) is 3. The van der Waals surface area contributed by atoms with Gasteiger partial charge in [-0.3, -0.25) is 0 Å². The normalized spacial score (nSPS) is 20.2. The van der Waals surface area contributed by atoms with E-state index in [-0.39, 0.29) is 5.60 Å². The van der Waals surface area contributed by atoms with Crippen LogP contribution in [0.3, 0.4) is 0 Å². The number of rotatable bonds is 6. The highest BCUT2D eigenvalue weighted by Crippen LogP contribution is 2.41. The molecular weight excluding hydrogens is 262 g/mol. The Balaban J connectivity index is 1.83. The SMILES string of the molecule is COc1ccc(CCOC2(CN)CCC(C)(C)CC2)cc1. The Hall–Kier alpha value is -1.06. The van der Waals surface area contributed by atoms with E-state index >= 15 is 0 Å². The Morgan fingerprint density at radius 3 is 2.19 bits per heavy atom. The van der Waals surface area contributed by atoms with Crippen molar-refractivity contribution in [3.8, 4) is 5.75 Å². The van der Waals surface area contributed by atoms with Crippen LogP contribution in [0.1, 0.15) is 45.1 Å². The largest absolute Gasteiger partial charge is 0.497 e. The van der Waals surface area contributed by atoms with Crippen LogP contribution < -0.4 is 10.5 Å². The zero-order chi connectivity index (χ0) is 15.3. The summed E-state index contributed by atoms with van der Waals surface area (Å²) in [5.74, 6) is 0.896. The summed E-state index contributed by atoms with van der Waals surface area (Å²) in [5, 5.41) is 0. The van der Waals surface area contributed by atoms with Gasteiger partial charge >= 0.3 is 0 Å². The quantitative estimate of drug-likeness (QED) is 0.871. The molecule has 21 heavy (non-hydrogen) atoms. The Labute approximate surface area is 128 Å². The van der Waals surface area contributed by atoms with E-state index in [2.05, 4.69) is 26.0 Å². The third-order valence-corrected chi connectivity index (χ3v) is 4.84. The third kappa shape index (κ3) is 4.45. The molecule has 0 saturated heterocycles. The highest BCUT2D eigenvalue weighted by Gasteiger charge is 2.37. The predicted molar refractivity (Wildman–Crippen MR) is 86.7 cm³/mol. The average Bonchev–Trinajstić information content (AvgIpc) is 2.50. The van der Waals surface area contributed by atoms with Crippen LogP contribution in [0.25, 0.3) is 0 Å². The fourth-order valence-corrected chi connectivity index (χ4v) is 2.97. The van der Waals surface area contributed by atoms with E-state index in [0.717, 1.165) is 31.6 Å². The van der Waals surface area contributed by atoms with E-state index in [1.54, 1.807) is 7.11 Å². The van der Waals surface area contributed by atoms with Crippen LogP contribution in [0, 0.1) is 5.41 Å². The molecule has 2 N–H and O–H groups in total. The Morgan fingerprint density at radius 2 is 1.67 bits per heavy atom. The van der Waals surface area contributed by atoms with Gasteiger partial charge in [-0.2, -0.15) is 0 Å². The summed E-state index contributed by atoms with van der Waals surface area (Å²) in [4.78, 5) is 0. The smallest absolute Gasteiger partial charge is 0.118 e. The Bertz CT molecular complexity index is 429. The second-order valence-corrected chi connectivity index (χ2v) is 7.00. The minimum Gasteiger partial charge on any atom is -0.497 e. The molecule has 1 aromatic rings. The van der Waals surface area contributed by atoms with Crippen molar-refractivity contribution in [3.05, 3.63) is 29.8 Å². The van der Waals surface area contributed by atoms with Crippen LogP contribution in [-0.2, 0) is 11.2 Å². The zero-order valence-electron chi connectivity index (χ0n) is 13.7. The maximum absolute atomic E-state index is 6.22. The molecule has 2 rings (SSSR count). The van der Waals surface area contributed by atoms with Gasteiger partial charge in [0.15, 0.2) is 0 Å². The Morgan fingerprint density at radius 1 is 1.05 bits per heavy atom. The zero-order valence-corrected chi connectivity index (χ0v) is 13.7. The molecule has 1 aromatic carbocycles.